The Kier molecular flexibility index (Phi) is 6.05. The molecule has 0 bridgehead atoms. The zero-order valence-electron chi connectivity index (χ0n) is 11.5. The average molecular weight is 286 g/mol. The maximum atomic E-state index is 4.41. The van der Waals surface area contributed by atoms with Gasteiger partial charge in [0.05, 0.1) is 0 Å². The van der Waals surface area contributed by atoms with E-state index in [9.17, 15) is 0 Å². The van der Waals surface area contributed by atoms with Crippen molar-refractivity contribution in [1.82, 2.24) is 9.97 Å². The fourth-order valence-electron chi connectivity index (χ4n) is 1.50. The molecular formula is C15H18N4S. The number of nitrogens with zero attached hydrogens (tertiary/aromatic N) is 3. The van der Waals surface area contributed by atoms with Crippen molar-refractivity contribution >= 4 is 23.8 Å². The number of hydrogen-bond donors (Lipinski definition) is 1. The lowest BCUT2D eigenvalue weighted by Gasteiger charge is -2.03. The summed E-state index contributed by atoms with van der Waals surface area (Å²) in [5, 5.41) is 4.87. The van der Waals surface area contributed by atoms with E-state index in [2.05, 4.69) is 39.6 Å². The largest absolute Gasteiger partial charge is 0.262 e. The van der Waals surface area contributed by atoms with Crippen LogP contribution in [0.5, 0.6) is 0 Å². The van der Waals surface area contributed by atoms with Gasteiger partial charge < -0.3 is 0 Å². The van der Waals surface area contributed by atoms with Gasteiger partial charge in [-0.15, -0.1) is 0 Å². The van der Waals surface area contributed by atoms with Crippen LogP contribution in [0.25, 0.3) is 0 Å². The van der Waals surface area contributed by atoms with Crippen molar-refractivity contribution in [2.24, 2.45) is 5.10 Å². The van der Waals surface area contributed by atoms with Crippen LogP contribution in [0.2, 0.25) is 0 Å². The second-order valence-corrected chi connectivity index (χ2v) is 5.15. The number of anilines is 1. The molecule has 0 fully saturated rings. The van der Waals surface area contributed by atoms with Gasteiger partial charge in [-0.3, -0.25) is 5.43 Å². The number of hydrazone groups is 1. The molecule has 4 nitrogen and oxygen atoms in total. The highest BCUT2D eigenvalue weighted by molar-refractivity contribution is 7.98. The minimum Gasteiger partial charge on any atom is -0.262 e. The summed E-state index contributed by atoms with van der Waals surface area (Å²) in [5.41, 5.74) is 4.19. The van der Waals surface area contributed by atoms with Gasteiger partial charge in [-0.1, -0.05) is 55.4 Å². The molecule has 104 valence electrons. The Labute approximate surface area is 123 Å². The highest BCUT2D eigenvalue weighted by atomic mass is 32.2. The van der Waals surface area contributed by atoms with Crippen molar-refractivity contribution in [2.45, 2.75) is 30.7 Å². The molecule has 2 aromatic rings. The average Bonchev–Trinajstić information content (AvgIpc) is 2.51. The van der Waals surface area contributed by atoms with E-state index in [-0.39, 0.29) is 0 Å². The molecule has 0 radical (unpaired) electrons. The summed E-state index contributed by atoms with van der Waals surface area (Å²) in [5.74, 6) is 1.59. The van der Waals surface area contributed by atoms with E-state index in [1.54, 1.807) is 18.0 Å². The molecule has 1 heterocycles. The molecule has 0 unspecified atom stereocenters. The topological polar surface area (TPSA) is 50.2 Å². The summed E-state index contributed by atoms with van der Waals surface area (Å²) >= 11 is 1.62. The number of benzene rings is 1. The summed E-state index contributed by atoms with van der Waals surface area (Å²) in [6.45, 7) is 2.12. The lowest BCUT2D eigenvalue weighted by molar-refractivity contribution is 0.959. The smallest absolute Gasteiger partial charge is 0.189 e. The monoisotopic (exact) mass is 286 g/mol. The second kappa shape index (κ2) is 8.32. The van der Waals surface area contributed by atoms with Gasteiger partial charge in [-0.2, -0.15) is 5.10 Å². The number of nitrogens with one attached hydrogen (secondary N) is 1. The van der Waals surface area contributed by atoms with E-state index < -0.39 is 0 Å². The predicted octanol–water partition coefficient (Wildman–Crippen LogP) is 3.97. The first-order valence-electron chi connectivity index (χ1n) is 6.66. The summed E-state index contributed by atoms with van der Waals surface area (Å²) in [6, 6.07) is 12.1. The van der Waals surface area contributed by atoms with Gasteiger partial charge in [0.2, 0.25) is 0 Å². The Morgan fingerprint density at radius 3 is 2.90 bits per heavy atom. The molecule has 1 N–H and O–H groups in total. The maximum absolute atomic E-state index is 4.41. The molecule has 0 amide bonds. The van der Waals surface area contributed by atoms with Crippen LogP contribution in [0.1, 0.15) is 25.3 Å². The normalized spacial score (nSPS) is 10.8. The predicted molar refractivity (Wildman–Crippen MR) is 85.1 cm³/mol. The van der Waals surface area contributed by atoms with Crippen LogP contribution in [0.15, 0.2) is 52.9 Å². The Bertz CT molecular complexity index is 543. The zero-order valence-corrected chi connectivity index (χ0v) is 12.3. The third kappa shape index (κ3) is 5.01. The first-order chi connectivity index (χ1) is 9.88. The van der Waals surface area contributed by atoms with Gasteiger partial charge in [0.15, 0.2) is 11.0 Å². The summed E-state index contributed by atoms with van der Waals surface area (Å²) in [7, 11) is 0. The van der Waals surface area contributed by atoms with Crippen LogP contribution in [-0.2, 0) is 5.75 Å². The standard InChI is InChI=1S/C15H18N4S/c1-2-3-10-17-19-14-9-11-16-15(18-14)20-12-13-7-5-4-6-8-13/h4-11H,2-3,12H2,1H3,(H,16,18,19). The number of thioether (sulfide) groups is 1. The number of hydrogen-bond acceptors (Lipinski definition) is 5. The Morgan fingerprint density at radius 1 is 1.25 bits per heavy atom. The highest BCUT2D eigenvalue weighted by Crippen LogP contribution is 2.19. The molecule has 20 heavy (non-hydrogen) atoms. The van der Waals surface area contributed by atoms with Gasteiger partial charge >= 0.3 is 0 Å². The van der Waals surface area contributed by atoms with Gasteiger partial charge in [-0.25, -0.2) is 9.97 Å². The van der Waals surface area contributed by atoms with Crippen molar-refractivity contribution in [3.8, 4) is 0 Å². The zero-order chi connectivity index (χ0) is 14.0. The minimum atomic E-state index is 0.725. The Morgan fingerprint density at radius 2 is 2.10 bits per heavy atom. The maximum Gasteiger partial charge on any atom is 0.189 e. The van der Waals surface area contributed by atoms with Crippen molar-refractivity contribution in [3.63, 3.8) is 0 Å². The number of rotatable bonds is 7. The molecule has 2 rings (SSSR count). The molecule has 0 aliphatic rings. The van der Waals surface area contributed by atoms with Crippen LogP contribution in [0.3, 0.4) is 0 Å². The van der Waals surface area contributed by atoms with E-state index >= 15 is 0 Å². The summed E-state index contributed by atoms with van der Waals surface area (Å²) < 4.78 is 0. The van der Waals surface area contributed by atoms with Gasteiger partial charge in [0.1, 0.15) is 0 Å². The van der Waals surface area contributed by atoms with E-state index in [0.717, 1.165) is 29.6 Å². The van der Waals surface area contributed by atoms with E-state index in [0.29, 0.717) is 0 Å². The third-order valence-electron chi connectivity index (χ3n) is 2.53. The first kappa shape index (κ1) is 14.5. The Balaban J connectivity index is 1.89. The van der Waals surface area contributed by atoms with E-state index in [1.807, 2.05) is 30.5 Å². The molecular weight excluding hydrogens is 268 g/mol. The lowest BCUT2D eigenvalue weighted by Crippen LogP contribution is -1.95. The van der Waals surface area contributed by atoms with E-state index in [4.69, 9.17) is 0 Å². The van der Waals surface area contributed by atoms with Crippen molar-refractivity contribution in [1.29, 1.82) is 0 Å². The highest BCUT2D eigenvalue weighted by Gasteiger charge is 2.00. The van der Waals surface area contributed by atoms with Gasteiger partial charge in [-0.05, 0) is 12.0 Å². The van der Waals surface area contributed by atoms with Crippen LogP contribution < -0.4 is 5.43 Å². The van der Waals surface area contributed by atoms with E-state index in [1.165, 1.54) is 5.56 Å². The van der Waals surface area contributed by atoms with Crippen LogP contribution in [0, 0.1) is 0 Å². The van der Waals surface area contributed by atoms with Crippen LogP contribution >= 0.6 is 11.8 Å². The second-order valence-electron chi connectivity index (χ2n) is 4.21. The molecule has 1 aromatic carbocycles. The molecule has 0 saturated carbocycles. The SMILES string of the molecule is CCCC=NNc1ccnc(SCc2ccccc2)n1. The number of unbranched alkanes of at least 4 members (excludes halogenated alkanes) is 1. The summed E-state index contributed by atoms with van der Waals surface area (Å²) in [4.78, 5) is 8.67. The fourth-order valence-corrected chi connectivity index (χ4v) is 2.29. The van der Waals surface area contributed by atoms with Crippen LogP contribution in [-0.4, -0.2) is 16.2 Å². The molecule has 0 aliphatic heterocycles. The minimum absolute atomic E-state index is 0.725. The summed E-state index contributed by atoms with van der Waals surface area (Å²) in [6.07, 6.45) is 5.66. The van der Waals surface area contributed by atoms with Crippen LogP contribution in [0.4, 0.5) is 5.82 Å². The van der Waals surface area contributed by atoms with Crippen molar-refractivity contribution in [3.05, 3.63) is 48.2 Å². The third-order valence-corrected chi connectivity index (χ3v) is 3.46. The Hall–Kier alpha value is -1.88. The molecule has 0 saturated heterocycles. The fraction of sp³-hybridized carbons (Fsp3) is 0.267. The number of aromatic nitrogens is 2. The molecule has 1 aromatic heterocycles. The van der Waals surface area contributed by atoms with Gasteiger partial charge in [0, 0.05) is 24.2 Å². The van der Waals surface area contributed by atoms with Gasteiger partial charge in [0.25, 0.3) is 0 Å². The lowest BCUT2D eigenvalue weighted by atomic mass is 10.2. The molecule has 5 heteroatoms. The first-order valence-corrected chi connectivity index (χ1v) is 7.64. The quantitative estimate of drug-likeness (QED) is 0.362. The van der Waals surface area contributed by atoms with Crippen molar-refractivity contribution < 1.29 is 0 Å². The molecule has 0 aliphatic carbocycles. The molecule has 0 atom stereocenters. The van der Waals surface area contributed by atoms with Crippen molar-refractivity contribution in [2.75, 3.05) is 5.43 Å². The molecule has 0 spiro atoms.